The summed E-state index contributed by atoms with van der Waals surface area (Å²) in [6.45, 7) is 0. The zero-order valence-electron chi connectivity index (χ0n) is 12.2. The number of aliphatic hydroxyl groups is 1. The zero-order valence-corrected chi connectivity index (χ0v) is 12.9. The van der Waals surface area contributed by atoms with Crippen molar-refractivity contribution in [1.82, 2.24) is 0 Å². The Morgan fingerprint density at radius 1 is 1.26 bits per heavy atom. The van der Waals surface area contributed by atoms with Gasteiger partial charge in [-0.1, -0.05) is 30.3 Å². The molecule has 1 N–H and O–H groups in total. The molecule has 0 fully saturated rings. The highest BCUT2D eigenvalue weighted by Gasteiger charge is 2.61. The molecule has 23 heavy (non-hydrogen) atoms. The average molecular weight is 336 g/mol. The van der Waals surface area contributed by atoms with Gasteiger partial charge >= 0.3 is 5.00 Å². The van der Waals surface area contributed by atoms with E-state index in [1.165, 1.54) is 7.11 Å². The Labute approximate surface area is 137 Å². The molecule has 0 saturated heterocycles. The van der Waals surface area contributed by atoms with Crippen LogP contribution < -0.4 is 9.47 Å². The third kappa shape index (κ3) is 2.40. The van der Waals surface area contributed by atoms with Crippen molar-refractivity contribution in [3.05, 3.63) is 69.8 Å². The van der Waals surface area contributed by atoms with Gasteiger partial charge in [0.2, 0.25) is 6.10 Å². The molecule has 2 aromatic carbocycles. The molecule has 0 aliphatic carbocycles. The summed E-state index contributed by atoms with van der Waals surface area (Å²) in [7, 11) is 1.52. The number of hydrogen-bond acceptors (Lipinski definition) is 5. The van der Waals surface area contributed by atoms with Crippen LogP contribution in [0.3, 0.4) is 0 Å². The monoisotopic (exact) mass is 335 g/mol. The molecule has 1 aliphatic rings. The first-order chi connectivity index (χ1) is 11.0. The number of rotatable bonds is 3. The Morgan fingerprint density at radius 3 is 2.52 bits per heavy atom. The van der Waals surface area contributed by atoms with Gasteiger partial charge in [-0.2, -0.15) is 0 Å². The van der Waals surface area contributed by atoms with Gasteiger partial charge in [0.25, 0.3) is 0 Å². The maximum absolute atomic E-state index is 11.6. The van der Waals surface area contributed by atoms with Crippen molar-refractivity contribution in [3.63, 3.8) is 0 Å². The van der Waals surface area contributed by atoms with Crippen LogP contribution in [-0.2, 0) is 0 Å². The highest BCUT2D eigenvalue weighted by molar-refractivity contribution is 6.23. The second-order valence-electron chi connectivity index (χ2n) is 5.20. The van der Waals surface area contributed by atoms with Crippen LogP contribution in [0.2, 0.25) is 0 Å². The number of para-hydroxylation sites is 1. The second kappa shape index (κ2) is 5.72. The van der Waals surface area contributed by atoms with Crippen LogP contribution in [0.5, 0.6) is 11.5 Å². The van der Waals surface area contributed by atoms with Crippen LogP contribution in [0, 0.1) is 10.1 Å². The first-order valence-corrected chi connectivity index (χ1v) is 7.27. The topological polar surface area (TPSA) is 81.8 Å². The molecule has 1 aliphatic heterocycles. The van der Waals surface area contributed by atoms with Gasteiger partial charge in [0.15, 0.2) is 6.10 Å². The van der Waals surface area contributed by atoms with E-state index in [-0.39, 0.29) is 0 Å². The second-order valence-corrected chi connectivity index (χ2v) is 5.80. The number of nitro groups is 1. The minimum Gasteiger partial charge on any atom is -0.497 e. The number of ether oxygens (including phenoxy) is 2. The van der Waals surface area contributed by atoms with E-state index in [1.54, 1.807) is 48.5 Å². The molecule has 1 heterocycles. The Bertz CT molecular complexity index is 736. The van der Waals surface area contributed by atoms with E-state index in [1.807, 2.05) is 0 Å². The fourth-order valence-corrected chi connectivity index (χ4v) is 2.95. The smallest absolute Gasteiger partial charge is 0.364 e. The first kappa shape index (κ1) is 15.6. The summed E-state index contributed by atoms with van der Waals surface area (Å²) in [4.78, 5) is 8.69. The van der Waals surface area contributed by atoms with E-state index >= 15 is 0 Å². The summed E-state index contributed by atoms with van der Waals surface area (Å²) in [6.07, 6.45) is -2.65. The van der Waals surface area contributed by atoms with Gasteiger partial charge in [0.1, 0.15) is 11.5 Å². The van der Waals surface area contributed by atoms with Crippen LogP contribution in [0.25, 0.3) is 0 Å². The summed E-state index contributed by atoms with van der Waals surface area (Å²) in [5, 5.41) is 22.1. The molecule has 0 unspecified atom stereocenters. The third-order valence-electron chi connectivity index (χ3n) is 3.91. The minimum absolute atomic E-state index is 0.295. The lowest BCUT2D eigenvalue weighted by atomic mass is 9.89. The van der Waals surface area contributed by atoms with Gasteiger partial charge in [-0.05, 0) is 29.8 Å². The molecule has 2 aromatic rings. The molecule has 3 atom stereocenters. The lowest BCUT2D eigenvalue weighted by Gasteiger charge is -2.37. The molecule has 7 heteroatoms. The van der Waals surface area contributed by atoms with Crippen molar-refractivity contribution in [2.24, 2.45) is 0 Å². The van der Waals surface area contributed by atoms with E-state index < -0.39 is 22.1 Å². The van der Waals surface area contributed by atoms with Crippen LogP contribution in [0.1, 0.15) is 23.3 Å². The van der Waals surface area contributed by atoms with Crippen molar-refractivity contribution in [3.8, 4) is 11.5 Å². The zero-order chi connectivity index (χ0) is 16.6. The van der Waals surface area contributed by atoms with Gasteiger partial charge < -0.3 is 14.6 Å². The van der Waals surface area contributed by atoms with Gasteiger partial charge in [-0.15, -0.1) is 0 Å². The van der Waals surface area contributed by atoms with Crippen molar-refractivity contribution in [1.29, 1.82) is 0 Å². The number of alkyl halides is 1. The number of halogens is 1. The first-order valence-electron chi connectivity index (χ1n) is 6.89. The lowest BCUT2D eigenvalue weighted by molar-refractivity contribution is -0.570. The predicted octanol–water partition coefficient (Wildman–Crippen LogP) is 3.07. The number of benzene rings is 2. The number of aliphatic hydroxyl groups excluding tert-OH is 1. The molecular weight excluding hydrogens is 322 g/mol. The minimum atomic E-state index is -2.22. The maximum Gasteiger partial charge on any atom is 0.364 e. The summed E-state index contributed by atoms with van der Waals surface area (Å²) in [6, 6.07) is 13.2. The van der Waals surface area contributed by atoms with Gasteiger partial charge in [0, 0.05) is 11.1 Å². The van der Waals surface area contributed by atoms with E-state index in [2.05, 4.69) is 0 Å². The molecule has 0 bridgehead atoms. The van der Waals surface area contributed by atoms with Crippen LogP contribution in [0.4, 0.5) is 0 Å². The van der Waals surface area contributed by atoms with E-state index in [4.69, 9.17) is 21.1 Å². The van der Waals surface area contributed by atoms with E-state index in [0.717, 1.165) is 0 Å². The summed E-state index contributed by atoms with van der Waals surface area (Å²) < 4.78 is 10.8. The average Bonchev–Trinajstić information content (AvgIpc) is 2.58. The van der Waals surface area contributed by atoms with Crippen LogP contribution >= 0.6 is 11.6 Å². The van der Waals surface area contributed by atoms with E-state index in [9.17, 15) is 15.2 Å². The molecule has 0 spiro atoms. The molecule has 120 valence electrons. The number of nitrogens with zero attached hydrogens (tertiary/aromatic N) is 1. The van der Waals surface area contributed by atoms with Gasteiger partial charge in [0.05, 0.1) is 12.0 Å². The maximum atomic E-state index is 11.6. The quantitative estimate of drug-likeness (QED) is 0.403. The standard InChI is InChI=1S/C16H14ClNO5/c1-22-11-8-6-10(7-9-11)15-16(17,18(20)21)14(19)12-4-2-3-5-13(12)23-15/h2-9,14-15,19H,1H3/t14-,15-,16+/m0/s1. The molecule has 3 rings (SSSR count). The summed E-state index contributed by atoms with van der Waals surface area (Å²) in [5.74, 6) is 0.978. The largest absolute Gasteiger partial charge is 0.497 e. The summed E-state index contributed by atoms with van der Waals surface area (Å²) in [5.41, 5.74) is 0.773. The Hall–Kier alpha value is -2.31. The highest BCUT2D eigenvalue weighted by Crippen LogP contribution is 2.51. The lowest BCUT2D eigenvalue weighted by Crippen LogP contribution is -2.49. The third-order valence-corrected chi connectivity index (χ3v) is 4.45. The van der Waals surface area contributed by atoms with Crippen molar-refractivity contribution >= 4 is 11.6 Å². The van der Waals surface area contributed by atoms with Gasteiger partial charge in [-0.3, -0.25) is 10.1 Å². The fourth-order valence-electron chi connectivity index (χ4n) is 2.66. The number of hydrogen-bond donors (Lipinski definition) is 1. The number of fused-ring (bicyclic) bond motifs is 1. The molecular formula is C16H14ClNO5. The Morgan fingerprint density at radius 2 is 1.91 bits per heavy atom. The molecule has 0 amide bonds. The normalized spacial score (nSPS) is 26.0. The summed E-state index contributed by atoms with van der Waals surface area (Å²) >= 11 is 6.26. The highest BCUT2D eigenvalue weighted by atomic mass is 35.5. The Balaban J connectivity index is 2.11. The molecule has 0 radical (unpaired) electrons. The fraction of sp³-hybridized carbons (Fsp3) is 0.250. The van der Waals surface area contributed by atoms with Crippen molar-refractivity contribution < 1.29 is 19.5 Å². The van der Waals surface area contributed by atoms with Gasteiger partial charge in [-0.25, -0.2) is 0 Å². The Kier molecular flexibility index (Phi) is 3.87. The van der Waals surface area contributed by atoms with Crippen LogP contribution in [-0.4, -0.2) is 22.1 Å². The SMILES string of the molecule is COc1ccc([C@@H]2Oc3ccccc3[C@H](O)[C@@]2(Cl)[N+](=O)[O-])cc1. The predicted molar refractivity (Wildman–Crippen MR) is 83.3 cm³/mol. The molecule has 6 nitrogen and oxygen atoms in total. The molecule has 0 aromatic heterocycles. The van der Waals surface area contributed by atoms with Crippen molar-refractivity contribution in [2.75, 3.05) is 7.11 Å². The van der Waals surface area contributed by atoms with E-state index in [0.29, 0.717) is 22.6 Å². The molecule has 0 saturated carbocycles. The number of methoxy groups -OCH3 is 1. The van der Waals surface area contributed by atoms with Crippen LogP contribution in [0.15, 0.2) is 48.5 Å². The van der Waals surface area contributed by atoms with Crippen molar-refractivity contribution in [2.45, 2.75) is 17.2 Å².